The third-order valence-corrected chi connectivity index (χ3v) is 2.90. The molecule has 0 aromatic carbocycles. The summed E-state index contributed by atoms with van der Waals surface area (Å²) < 4.78 is 35.5. The van der Waals surface area contributed by atoms with E-state index in [0.717, 1.165) is 0 Å². The highest BCUT2D eigenvalue weighted by Crippen LogP contribution is 2.22. The van der Waals surface area contributed by atoms with Crippen LogP contribution in [-0.4, -0.2) is 43.0 Å². The summed E-state index contributed by atoms with van der Waals surface area (Å²) in [7, 11) is 1.62. The summed E-state index contributed by atoms with van der Waals surface area (Å²) in [6.45, 7) is 0.608. The number of hydrogen-bond donors (Lipinski definition) is 1. The molecule has 0 aromatic rings. The Hall–Kier alpha value is -1.27. The molecule has 4 nitrogen and oxygen atoms in total. The Labute approximate surface area is 104 Å². The maximum absolute atomic E-state index is 11.8. The monoisotopic (exact) mass is 266 g/mol. The van der Waals surface area contributed by atoms with E-state index in [1.165, 1.54) is 4.90 Å². The number of halogens is 3. The van der Waals surface area contributed by atoms with Gasteiger partial charge in [-0.2, -0.15) is 13.2 Å². The van der Waals surface area contributed by atoms with Crippen LogP contribution >= 0.6 is 0 Å². The number of nitrogens with zero attached hydrogens (tertiary/aromatic N) is 1. The molecule has 0 aliphatic carbocycles. The van der Waals surface area contributed by atoms with E-state index in [2.05, 4.69) is 5.32 Å². The summed E-state index contributed by atoms with van der Waals surface area (Å²) >= 11 is 0. The molecule has 18 heavy (non-hydrogen) atoms. The van der Waals surface area contributed by atoms with Gasteiger partial charge < -0.3 is 10.2 Å². The number of nitrogens with one attached hydrogen (secondary N) is 1. The molecule has 0 bridgehead atoms. The summed E-state index contributed by atoms with van der Waals surface area (Å²) in [5.74, 6) is -0.697. The lowest BCUT2D eigenvalue weighted by atomic mass is 10.1. The van der Waals surface area contributed by atoms with Crippen molar-refractivity contribution in [2.45, 2.75) is 31.9 Å². The zero-order valence-corrected chi connectivity index (χ0v) is 10.2. The highest BCUT2D eigenvalue weighted by Gasteiger charge is 2.31. The highest BCUT2D eigenvalue weighted by molar-refractivity contribution is 5.89. The molecule has 2 amide bonds. The smallest absolute Gasteiger partial charge is 0.356 e. The van der Waals surface area contributed by atoms with E-state index in [1.54, 1.807) is 7.05 Å². The van der Waals surface area contributed by atoms with Crippen molar-refractivity contribution in [1.29, 1.82) is 0 Å². The van der Waals surface area contributed by atoms with Crippen molar-refractivity contribution in [2.24, 2.45) is 5.92 Å². The number of hydrogen-bond acceptors (Lipinski definition) is 2. The molecule has 1 fully saturated rings. The van der Waals surface area contributed by atoms with Crippen molar-refractivity contribution >= 4 is 11.8 Å². The third-order valence-electron chi connectivity index (χ3n) is 2.90. The fourth-order valence-electron chi connectivity index (χ4n) is 1.85. The third kappa shape index (κ3) is 4.93. The Bertz CT molecular complexity index is 318. The molecule has 104 valence electrons. The summed E-state index contributed by atoms with van der Waals surface area (Å²) in [5.41, 5.74) is 0. The van der Waals surface area contributed by atoms with Crippen LogP contribution < -0.4 is 5.32 Å². The minimum absolute atomic E-state index is 0.00722. The van der Waals surface area contributed by atoms with Gasteiger partial charge in [-0.15, -0.1) is 0 Å². The predicted octanol–water partition coefficient (Wildman–Crippen LogP) is 1.31. The topological polar surface area (TPSA) is 49.4 Å². The van der Waals surface area contributed by atoms with Gasteiger partial charge in [-0.05, 0) is 12.8 Å². The van der Waals surface area contributed by atoms with Gasteiger partial charge in [0.15, 0.2) is 0 Å². The minimum Gasteiger partial charge on any atom is -0.356 e. The predicted molar refractivity (Wildman–Crippen MR) is 58.7 cm³/mol. The summed E-state index contributed by atoms with van der Waals surface area (Å²) in [6, 6.07) is 0. The quantitative estimate of drug-likeness (QED) is 0.763. The van der Waals surface area contributed by atoms with E-state index in [0.29, 0.717) is 13.0 Å². The lowest BCUT2D eigenvalue weighted by Gasteiger charge is -2.11. The van der Waals surface area contributed by atoms with E-state index in [4.69, 9.17) is 0 Å². The molecular formula is C11H17F3N2O2. The van der Waals surface area contributed by atoms with Crippen molar-refractivity contribution in [3.8, 4) is 0 Å². The van der Waals surface area contributed by atoms with Gasteiger partial charge >= 0.3 is 6.18 Å². The molecule has 1 aliphatic heterocycles. The van der Waals surface area contributed by atoms with Crippen LogP contribution in [0.4, 0.5) is 13.2 Å². The second-order valence-electron chi connectivity index (χ2n) is 4.54. The average Bonchev–Trinajstić information content (AvgIpc) is 2.57. The Morgan fingerprint density at radius 3 is 2.61 bits per heavy atom. The SMILES string of the molecule is CN1C[C@H](C(=O)NCCCCC(F)(F)F)CC1=O. The Morgan fingerprint density at radius 1 is 1.44 bits per heavy atom. The number of amides is 2. The maximum atomic E-state index is 11.8. The van der Waals surface area contributed by atoms with Crippen LogP contribution in [0.25, 0.3) is 0 Å². The zero-order chi connectivity index (χ0) is 13.8. The molecule has 0 radical (unpaired) electrons. The maximum Gasteiger partial charge on any atom is 0.389 e. The molecule has 0 aromatic heterocycles. The van der Waals surface area contributed by atoms with Crippen molar-refractivity contribution in [3.05, 3.63) is 0 Å². The molecule has 1 heterocycles. The van der Waals surface area contributed by atoms with Crippen LogP contribution in [0, 0.1) is 5.92 Å². The summed E-state index contributed by atoms with van der Waals surface area (Å²) in [4.78, 5) is 24.3. The van der Waals surface area contributed by atoms with Gasteiger partial charge in [0.05, 0.1) is 5.92 Å². The number of likely N-dealkylation sites (tertiary alicyclic amines) is 1. The largest absolute Gasteiger partial charge is 0.389 e. The van der Waals surface area contributed by atoms with Crippen LogP contribution in [0.2, 0.25) is 0 Å². The summed E-state index contributed by atoms with van der Waals surface area (Å²) in [5, 5.41) is 2.57. The Kier molecular flexibility index (Phi) is 4.98. The first kappa shape index (κ1) is 14.8. The summed E-state index contributed by atoms with van der Waals surface area (Å²) in [6.07, 6.45) is -4.47. The first-order chi connectivity index (χ1) is 8.29. The van der Waals surface area contributed by atoms with E-state index >= 15 is 0 Å². The first-order valence-electron chi connectivity index (χ1n) is 5.88. The van der Waals surface area contributed by atoms with Crippen LogP contribution in [-0.2, 0) is 9.59 Å². The molecule has 7 heteroatoms. The fourth-order valence-corrected chi connectivity index (χ4v) is 1.85. The number of carbonyl (C=O) groups excluding carboxylic acids is 2. The first-order valence-corrected chi connectivity index (χ1v) is 5.88. The second kappa shape index (κ2) is 6.06. The number of rotatable bonds is 5. The molecule has 0 saturated carbocycles. The minimum atomic E-state index is -4.13. The van der Waals surface area contributed by atoms with Crippen molar-refractivity contribution < 1.29 is 22.8 Å². The van der Waals surface area contributed by atoms with E-state index in [-0.39, 0.29) is 37.1 Å². The van der Waals surface area contributed by atoms with Crippen LogP contribution in [0.1, 0.15) is 25.7 Å². The van der Waals surface area contributed by atoms with E-state index in [9.17, 15) is 22.8 Å². The Balaban J connectivity index is 2.13. The van der Waals surface area contributed by atoms with Gasteiger partial charge in [0.2, 0.25) is 11.8 Å². The molecule has 1 aliphatic rings. The molecule has 1 atom stereocenters. The van der Waals surface area contributed by atoms with Gasteiger partial charge in [0.1, 0.15) is 0 Å². The average molecular weight is 266 g/mol. The lowest BCUT2D eigenvalue weighted by Crippen LogP contribution is -2.32. The number of carbonyl (C=O) groups is 2. The number of alkyl halides is 3. The van der Waals surface area contributed by atoms with Crippen LogP contribution in [0.3, 0.4) is 0 Å². The number of unbranched alkanes of at least 4 members (excludes halogenated alkanes) is 1. The van der Waals surface area contributed by atoms with Gasteiger partial charge in [-0.1, -0.05) is 0 Å². The Morgan fingerprint density at radius 2 is 2.11 bits per heavy atom. The van der Waals surface area contributed by atoms with Crippen LogP contribution in [0.15, 0.2) is 0 Å². The molecule has 1 saturated heterocycles. The van der Waals surface area contributed by atoms with Gasteiger partial charge in [-0.3, -0.25) is 9.59 Å². The van der Waals surface area contributed by atoms with E-state index < -0.39 is 12.6 Å². The zero-order valence-electron chi connectivity index (χ0n) is 10.2. The normalized spacial score (nSPS) is 20.3. The molecular weight excluding hydrogens is 249 g/mol. The van der Waals surface area contributed by atoms with Gasteiger partial charge in [0.25, 0.3) is 0 Å². The van der Waals surface area contributed by atoms with Crippen molar-refractivity contribution in [2.75, 3.05) is 20.1 Å². The molecule has 0 unspecified atom stereocenters. The fraction of sp³-hybridized carbons (Fsp3) is 0.818. The van der Waals surface area contributed by atoms with Crippen molar-refractivity contribution in [1.82, 2.24) is 10.2 Å². The van der Waals surface area contributed by atoms with Gasteiger partial charge in [0, 0.05) is 33.0 Å². The van der Waals surface area contributed by atoms with Crippen molar-refractivity contribution in [3.63, 3.8) is 0 Å². The lowest BCUT2D eigenvalue weighted by molar-refractivity contribution is -0.135. The molecule has 0 spiro atoms. The van der Waals surface area contributed by atoms with E-state index in [1.807, 2.05) is 0 Å². The van der Waals surface area contributed by atoms with Gasteiger partial charge in [-0.25, -0.2) is 0 Å². The highest BCUT2D eigenvalue weighted by atomic mass is 19.4. The molecule has 1 rings (SSSR count). The molecule has 1 N–H and O–H groups in total. The van der Waals surface area contributed by atoms with Crippen LogP contribution in [0.5, 0.6) is 0 Å². The second-order valence-corrected chi connectivity index (χ2v) is 4.54. The standard InChI is InChI=1S/C11H17F3N2O2/c1-16-7-8(6-9(16)17)10(18)15-5-3-2-4-11(12,13)14/h8H,2-7H2,1H3,(H,15,18)/t8-/m1/s1.